The Morgan fingerprint density at radius 3 is 2.42 bits per heavy atom. The molecule has 4 aromatic rings. The van der Waals surface area contributed by atoms with Crippen molar-refractivity contribution in [2.24, 2.45) is 0 Å². The highest BCUT2D eigenvalue weighted by molar-refractivity contribution is 6.30. The second-order valence-electron chi connectivity index (χ2n) is 7.25. The third-order valence-corrected chi connectivity index (χ3v) is 5.30. The molecule has 162 valence electrons. The molecule has 8 nitrogen and oxygen atoms in total. The van der Waals surface area contributed by atoms with Crippen molar-refractivity contribution in [3.63, 3.8) is 0 Å². The molecule has 1 aliphatic carbocycles. The van der Waals surface area contributed by atoms with Gasteiger partial charge in [-0.25, -0.2) is 4.79 Å². The van der Waals surface area contributed by atoms with Gasteiger partial charge in [-0.15, -0.1) is 0 Å². The lowest BCUT2D eigenvalue weighted by Gasteiger charge is -2.19. The standard InChI is InChI=1S/C25H16N2O6/c1-31-15-7-4-6-14(12-15)24-26-20(33-27-24)13-32-25(30)19-11-5-10-18-21(19)23(29)17-9-3-2-8-16(17)22(18)28/h2-12H,13H2,1H3. The molecule has 0 bridgehead atoms. The Hall–Kier alpha value is -4.59. The van der Waals surface area contributed by atoms with Crippen LogP contribution in [0.5, 0.6) is 5.75 Å². The van der Waals surface area contributed by atoms with E-state index < -0.39 is 11.8 Å². The van der Waals surface area contributed by atoms with E-state index in [0.29, 0.717) is 22.7 Å². The first-order valence-electron chi connectivity index (χ1n) is 10.0. The average molecular weight is 440 g/mol. The molecule has 0 saturated heterocycles. The SMILES string of the molecule is COc1cccc(-c2noc(COC(=O)c3cccc4c3C(=O)c3ccccc3C4=O)n2)c1. The molecular weight excluding hydrogens is 424 g/mol. The fraction of sp³-hybridized carbons (Fsp3) is 0.0800. The van der Waals surface area contributed by atoms with Crippen LogP contribution < -0.4 is 4.74 Å². The van der Waals surface area contributed by atoms with E-state index in [-0.39, 0.29) is 40.5 Å². The topological polar surface area (TPSA) is 109 Å². The second kappa shape index (κ2) is 8.16. The van der Waals surface area contributed by atoms with E-state index in [9.17, 15) is 14.4 Å². The molecule has 0 N–H and O–H groups in total. The molecule has 3 aromatic carbocycles. The van der Waals surface area contributed by atoms with Gasteiger partial charge in [0.1, 0.15) is 5.75 Å². The number of ether oxygens (including phenoxy) is 2. The molecule has 8 heteroatoms. The first kappa shape index (κ1) is 20.3. The zero-order valence-electron chi connectivity index (χ0n) is 17.4. The maximum atomic E-state index is 13.1. The van der Waals surface area contributed by atoms with Crippen LogP contribution in [0, 0.1) is 0 Å². The van der Waals surface area contributed by atoms with Gasteiger partial charge in [-0.1, -0.05) is 53.7 Å². The zero-order chi connectivity index (χ0) is 22.9. The summed E-state index contributed by atoms with van der Waals surface area (Å²) in [5.74, 6) is -0.442. The van der Waals surface area contributed by atoms with Crippen LogP contribution in [0.1, 0.15) is 48.1 Å². The van der Waals surface area contributed by atoms with E-state index in [2.05, 4.69) is 10.1 Å². The maximum Gasteiger partial charge on any atom is 0.339 e. The lowest BCUT2D eigenvalue weighted by Crippen LogP contribution is -2.24. The molecule has 1 aliphatic rings. The minimum Gasteiger partial charge on any atom is -0.497 e. The van der Waals surface area contributed by atoms with Gasteiger partial charge in [-0.2, -0.15) is 4.98 Å². The predicted octanol–water partition coefficient (Wildman–Crippen LogP) is 3.88. The quantitative estimate of drug-likeness (QED) is 0.379. The van der Waals surface area contributed by atoms with Crippen LogP contribution in [0.25, 0.3) is 11.4 Å². The van der Waals surface area contributed by atoms with E-state index >= 15 is 0 Å². The number of carbonyl (C=O) groups excluding carboxylic acids is 3. The van der Waals surface area contributed by atoms with E-state index in [1.165, 1.54) is 12.1 Å². The third kappa shape index (κ3) is 3.57. The number of hydrogen-bond donors (Lipinski definition) is 0. The minimum absolute atomic E-state index is 0.00730. The molecule has 0 amide bonds. The van der Waals surface area contributed by atoms with Crippen molar-refractivity contribution in [1.29, 1.82) is 0 Å². The molecule has 0 saturated carbocycles. The highest BCUT2D eigenvalue weighted by atomic mass is 16.6. The summed E-state index contributed by atoms with van der Waals surface area (Å²) in [7, 11) is 1.55. The van der Waals surface area contributed by atoms with E-state index in [1.54, 1.807) is 61.7 Å². The number of aromatic nitrogens is 2. The third-order valence-electron chi connectivity index (χ3n) is 5.30. The molecule has 0 atom stereocenters. The largest absolute Gasteiger partial charge is 0.497 e. The molecule has 0 fully saturated rings. The molecule has 1 heterocycles. The first-order chi connectivity index (χ1) is 16.1. The molecule has 33 heavy (non-hydrogen) atoms. The molecule has 0 unspecified atom stereocenters. The zero-order valence-corrected chi connectivity index (χ0v) is 17.4. The fourth-order valence-corrected chi connectivity index (χ4v) is 3.71. The predicted molar refractivity (Wildman–Crippen MR) is 115 cm³/mol. The summed E-state index contributed by atoms with van der Waals surface area (Å²) in [5.41, 5.74) is 1.47. The normalized spacial score (nSPS) is 12.2. The van der Waals surface area contributed by atoms with Gasteiger partial charge in [0.25, 0.3) is 5.89 Å². The lowest BCUT2D eigenvalue weighted by molar-refractivity contribution is 0.0427. The van der Waals surface area contributed by atoms with Gasteiger partial charge in [0.05, 0.1) is 12.7 Å². The van der Waals surface area contributed by atoms with Gasteiger partial charge in [0.2, 0.25) is 5.82 Å². The van der Waals surface area contributed by atoms with Gasteiger partial charge in [-0.3, -0.25) is 9.59 Å². The Labute approximate surface area is 187 Å². The number of rotatable bonds is 5. The molecular formula is C25H16N2O6. The second-order valence-corrected chi connectivity index (χ2v) is 7.25. The van der Waals surface area contributed by atoms with Gasteiger partial charge < -0.3 is 14.0 Å². The summed E-state index contributed by atoms with van der Waals surface area (Å²) < 4.78 is 15.7. The van der Waals surface area contributed by atoms with Crippen LogP contribution in [-0.2, 0) is 11.3 Å². The number of ketones is 2. The summed E-state index contributed by atoms with van der Waals surface area (Å²) >= 11 is 0. The van der Waals surface area contributed by atoms with Crippen molar-refractivity contribution < 1.29 is 28.4 Å². The molecule has 0 spiro atoms. The number of fused-ring (bicyclic) bond motifs is 2. The number of benzene rings is 3. The summed E-state index contributed by atoms with van der Waals surface area (Å²) in [6.45, 7) is -0.293. The van der Waals surface area contributed by atoms with Gasteiger partial charge in [0.15, 0.2) is 18.2 Å². The van der Waals surface area contributed by atoms with Crippen LogP contribution in [0.15, 0.2) is 71.3 Å². The highest BCUT2D eigenvalue weighted by Crippen LogP contribution is 2.30. The van der Waals surface area contributed by atoms with E-state index in [1.807, 2.05) is 0 Å². The van der Waals surface area contributed by atoms with Crippen molar-refractivity contribution in [2.75, 3.05) is 7.11 Å². The Balaban J connectivity index is 1.37. The lowest BCUT2D eigenvalue weighted by atomic mass is 9.82. The summed E-state index contributed by atoms with van der Waals surface area (Å²) in [6.07, 6.45) is 0. The first-order valence-corrected chi connectivity index (χ1v) is 10.0. The smallest absolute Gasteiger partial charge is 0.339 e. The number of hydrogen-bond acceptors (Lipinski definition) is 8. The highest BCUT2D eigenvalue weighted by Gasteiger charge is 2.33. The van der Waals surface area contributed by atoms with Gasteiger partial charge >= 0.3 is 5.97 Å². The average Bonchev–Trinajstić information content (AvgIpc) is 3.34. The summed E-state index contributed by atoms with van der Waals surface area (Å²) in [4.78, 5) is 43.0. The van der Waals surface area contributed by atoms with Crippen LogP contribution in [0.2, 0.25) is 0 Å². The molecule has 5 rings (SSSR count). The number of methoxy groups -OCH3 is 1. The minimum atomic E-state index is -0.770. The van der Waals surface area contributed by atoms with E-state index in [4.69, 9.17) is 14.0 Å². The van der Waals surface area contributed by atoms with Crippen LogP contribution >= 0.6 is 0 Å². The molecule has 1 aromatic heterocycles. The molecule has 0 aliphatic heterocycles. The Morgan fingerprint density at radius 1 is 0.909 bits per heavy atom. The Bertz CT molecular complexity index is 1420. The number of carbonyl (C=O) groups is 3. The monoisotopic (exact) mass is 440 g/mol. The van der Waals surface area contributed by atoms with Crippen molar-refractivity contribution in [2.45, 2.75) is 6.61 Å². The Morgan fingerprint density at radius 2 is 1.64 bits per heavy atom. The van der Waals surface area contributed by atoms with Crippen molar-refractivity contribution in [1.82, 2.24) is 10.1 Å². The number of nitrogens with zero attached hydrogens (tertiary/aromatic N) is 2. The maximum absolute atomic E-state index is 13.1. The van der Waals surface area contributed by atoms with Crippen molar-refractivity contribution in [3.8, 4) is 17.1 Å². The summed E-state index contributed by atoms with van der Waals surface area (Å²) in [5, 5.41) is 3.90. The number of esters is 1. The van der Waals surface area contributed by atoms with Gasteiger partial charge in [-0.05, 0) is 18.2 Å². The van der Waals surface area contributed by atoms with E-state index in [0.717, 1.165) is 0 Å². The Kier molecular flexibility index (Phi) is 5.02. The molecule has 0 radical (unpaired) electrons. The van der Waals surface area contributed by atoms with Crippen LogP contribution in [-0.4, -0.2) is 34.8 Å². The van der Waals surface area contributed by atoms with Crippen LogP contribution in [0.4, 0.5) is 0 Å². The van der Waals surface area contributed by atoms with Crippen molar-refractivity contribution in [3.05, 3.63) is 100 Å². The van der Waals surface area contributed by atoms with Crippen molar-refractivity contribution >= 4 is 17.5 Å². The van der Waals surface area contributed by atoms with Crippen LogP contribution in [0.3, 0.4) is 0 Å². The fourth-order valence-electron chi connectivity index (χ4n) is 3.71. The van der Waals surface area contributed by atoms with Gasteiger partial charge in [0, 0.05) is 27.8 Å². The summed E-state index contributed by atoms with van der Waals surface area (Å²) in [6, 6.07) is 18.2.